The van der Waals surface area contributed by atoms with E-state index in [1.165, 1.54) is 0 Å². The van der Waals surface area contributed by atoms with Crippen LogP contribution in [0.1, 0.15) is 11.1 Å². The second kappa shape index (κ2) is 8.10. The van der Waals surface area contributed by atoms with Crippen LogP contribution in [0.2, 0.25) is 20.1 Å². The van der Waals surface area contributed by atoms with E-state index in [2.05, 4.69) is 14.1 Å². The molecule has 6 heteroatoms. The Morgan fingerprint density at radius 1 is 0.727 bits per heavy atom. The van der Waals surface area contributed by atoms with Crippen molar-refractivity contribution in [1.29, 1.82) is 0 Å². The Balaban J connectivity index is 0.00000242. The molecule has 0 aromatic heterocycles. The topological polar surface area (TPSA) is 0 Å². The van der Waals surface area contributed by atoms with Gasteiger partial charge >= 0.3 is 0 Å². The number of halogens is 5. The maximum absolute atomic E-state index is 6.25. The molecule has 0 atom stereocenters. The van der Waals surface area contributed by atoms with Gasteiger partial charge in [-0.1, -0.05) is 58.5 Å². The number of nitrogens with zero attached hydrogens (tertiary/aromatic N) is 1. The molecule has 2 aromatic carbocycles. The van der Waals surface area contributed by atoms with E-state index in [0.29, 0.717) is 20.1 Å². The van der Waals surface area contributed by atoms with E-state index < -0.39 is 0 Å². The van der Waals surface area contributed by atoms with Gasteiger partial charge in [0.05, 0.1) is 24.1 Å². The van der Waals surface area contributed by atoms with E-state index in [1.54, 1.807) is 12.1 Å². The highest BCUT2D eigenvalue weighted by Gasteiger charge is 2.20. The molecule has 0 aliphatic carbocycles. The largest absolute Gasteiger partial charge is 1.00 e. The first-order valence-electron chi connectivity index (χ1n) is 6.47. The summed E-state index contributed by atoms with van der Waals surface area (Å²) in [6, 6.07) is 11.2. The van der Waals surface area contributed by atoms with Gasteiger partial charge in [-0.3, -0.25) is 0 Å². The Kier molecular flexibility index (Phi) is 7.32. The zero-order valence-electron chi connectivity index (χ0n) is 12.2. The maximum Gasteiger partial charge on any atom is 0.106 e. The second-order valence-corrected chi connectivity index (χ2v) is 7.41. The van der Waals surface area contributed by atoms with Crippen molar-refractivity contribution in [3.05, 3.63) is 67.6 Å². The van der Waals surface area contributed by atoms with E-state index in [4.69, 9.17) is 46.4 Å². The van der Waals surface area contributed by atoms with Crippen molar-refractivity contribution in [1.82, 2.24) is 0 Å². The van der Waals surface area contributed by atoms with Crippen LogP contribution in [0.15, 0.2) is 36.4 Å². The van der Waals surface area contributed by atoms with Gasteiger partial charge in [-0.2, -0.15) is 0 Å². The van der Waals surface area contributed by atoms with E-state index in [9.17, 15) is 0 Å². The normalized spacial score (nSPS) is 11.2. The van der Waals surface area contributed by atoms with Crippen LogP contribution in [-0.2, 0) is 13.1 Å². The SMILES string of the molecule is C[N+](C)(Cc1ccc(Cl)cc1Cl)Cc1ccc(Cl)cc1Cl.[Cl-]. The molecule has 22 heavy (non-hydrogen) atoms. The van der Waals surface area contributed by atoms with Gasteiger partial charge in [-0.05, 0) is 24.3 Å². The summed E-state index contributed by atoms with van der Waals surface area (Å²) in [5.74, 6) is 0. The van der Waals surface area contributed by atoms with Crippen molar-refractivity contribution in [2.24, 2.45) is 0 Å². The maximum atomic E-state index is 6.25. The first kappa shape index (κ1) is 19.9. The Morgan fingerprint density at radius 3 is 1.41 bits per heavy atom. The minimum atomic E-state index is 0. The molecule has 0 aliphatic rings. The van der Waals surface area contributed by atoms with Gasteiger partial charge in [0, 0.05) is 21.2 Å². The molecule has 0 saturated carbocycles. The highest BCUT2D eigenvalue weighted by Crippen LogP contribution is 2.27. The smallest absolute Gasteiger partial charge is 0.106 e. The third-order valence-corrected chi connectivity index (χ3v) is 4.40. The minimum absolute atomic E-state index is 0. The lowest BCUT2D eigenvalue weighted by Gasteiger charge is -2.30. The number of rotatable bonds is 4. The first-order valence-corrected chi connectivity index (χ1v) is 7.98. The summed E-state index contributed by atoms with van der Waals surface area (Å²) < 4.78 is 0.725. The van der Waals surface area contributed by atoms with E-state index >= 15 is 0 Å². The van der Waals surface area contributed by atoms with Crippen LogP contribution in [0.5, 0.6) is 0 Å². The van der Waals surface area contributed by atoms with Crippen LogP contribution in [0.4, 0.5) is 0 Å². The van der Waals surface area contributed by atoms with Crippen LogP contribution in [-0.4, -0.2) is 18.6 Å². The van der Waals surface area contributed by atoms with Crippen LogP contribution >= 0.6 is 46.4 Å². The van der Waals surface area contributed by atoms with Gasteiger partial charge in [0.15, 0.2) is 0 Å². The second-order valence-electron chi connectivity index (χ2n) is 5.72. The molecule has 0 N–H and O–H groups in total. The molecular weight excluding hydrogens is 383 g/mol. The summed E-state index contributed by atoms with van der Waals surface area (Å²) >= 11 is 24.4. The summed E-state index contributed by atoms with van der Waals surface area (Å²) in [4.78, 5) is 0. The lowest BCUT2D eigenvalue weighted by Crippen LogP contribution is -3.00. The highest BCUT2D eigenvalue weighted by atomic mass is 35.5. The third kappa shape index (κ3) is 5.49. The number of quaternary nitrogens is 1. The van der Waals surface area contributed by atoms with Gasteiger partial charge < -0.3 is 16.9 Å². The quantitative estimate of drug-likeness (QED) is 0.693. The average Bonchev–Trinajstić information content (AvgIpc) is 2.36. The molecule has 0 unspecified atom stereocenters. The summed E-state index contributed by atoms with van der Waals surface area (Å²) in [5, 5.41) is 2.68. The Bertz CT molecular complexity index is 599. The number of benzene rings is 2. The van der Waals surface area contributed by atoms with Crippen LogP contribution in [0.25, 0.3) is 0 Å². The highest BCUT2D eigenvalue weighted by molar-refractivity contribution is 6.35. The lowest BCUT2D eigenvalue weighted by molar-refractivity contribution is -0.916. The van der Waals surface area contributed by atoms with E-state index in [1.807, 2.05) is 24.3 Å². The molecule has 0 aliphatic heterocycles. The molecule has 0 saturated heterocycles. The van der Waals surface area contributed by atoms with Crippen molar-refractivity contribution in [2.75, 3.05) is 14.1 Å². The number of hydrogen-bond acceptors (Lipinski definition) is 0. The zero-order valence-corrected chi connectivity index (χ0v) is 16.0. The molecule has 0 amide bonds. The summed E-state index contributed by atoms with van der Waals surface area (Å²) in [6.45, 7) is 1.57. The fourth-order valence-electron chi connectivity index (χ4n) is 2.28. The first-order chi connectivity index (χ1) is 9.77. The third-order valence-electron chi connectivity index (χ3n) is 3.23. The lowest BCUT2D eigenvalue weighted by atomic mass is 10.1. The molecule has 2 aromatic rings. The van der Waals surface area contributed by atoms with Crippen LogP contribution < -0.4 is 12.4 Å². The van der Waals surface area contributed by atoms with Crippen molar-refractivity contribution in [3.63, 3.8) is 0 Å². The Morgan fingerprint density at radius 2 is 1.09 bits per heavy atom. The fourth-order valence-corrected chi connectivity index (χ4v) is 3.21. The molecule has 2 rings (SSSR count). The summed E-state index contributed by atoms with van der Waals surface area (Å²) in [7, 11) is 4.27. The Hall–Kier alpha value is -0.150. The standard InChI is InChI=1S/C16H16Cl4N.ClH/c1-21(2,9-11-3-5-13(17)7-15(11)19)10-12-4-6-14(18)8-16(12)20;/h3-8H,9-10H2,1-2H3;1H/q+1;/p-1. The molecule has 0 heterocycles. The minimum Gasteiger partial charge on any atom is -1.00 e. The average molecular weight is 400 g/mol. The summed E-state index contributed by atoms with van der Waals surface area (Å²) in [6.07, 6.45) is 0. The predicted molar refractivity (Wildman–Crippen MR) is 92.4 cm³/mol. The van der Waals surface area contributed by atoms with Gasteiger partial charge in [0.2, 0.25) is 0 Å². The van der Waals surface area contributed by atoms with Gasteiger partial charge in [-0.15, -0.1) is 0 Å². The molecule has 1 nitrogen and oxygen atoms in total. The van der Waals surface area contributed by atoms with Crippen molar-refractivity contribution < 1.29 is 16.9 Å². The molecule has 0 spiro atoms. The Labute approximate surface area is 157 Å². The van der Waals surface area contributed by atoms with Gasteiger partial charge in [0.25, 0.3) is 0 Å². The van der Waals surface area contributed by atoms with Crippen LogP contribution in [0.3, 0.4) is 0 Å². The predicted octanol–water partition coefficient (Wildman–Crippen LogP) is 3.08. The van der Waals surface area contributed by atoms with Crippen molar-refractivity contribution >= 4 is 46.4 Å². The summed E-state index contributed by atoms with van der Waals surface area (Å²) in [5.41, 5.74) is 2.13. The zero-order chi connectivity index (χ0) is 15.6. The monoisotopic (exact) mass is 397 g/mol. The van der Waals surface area contributed by atoms with Crippen molar-refractivity contribution in [3.8, 4) is 0 Å². The number of hydrogen-bond donors (Lipinski definition) is 0. The van der Waals surface area contributed by atoms with Crippen molar-refractivity contribution in [2.45, 2.75) is 13.1 Å². The van der Waals surface area contributed by atoms with Gasteiger partial charge in [0.1, 0.15) is 13.1 Å². The van der Waals surface area contributed by atoms with E-state index in [0.717, 1.165) is 28.7 Å². The molecule has 0 radical (unpaired) electrons. The van der Waals surface area contributed by atoms with Gasteiger partial charge in [-0.25, -0.2) is 0 Å². The molecule has 0 fully saturated rings. The fraction of sp³-hybridized carbons (Fsp3) is 0.250. The van der Waals surface area contributed by atoms with E-state index in [-0.39, 0.29) is 12.4 Å². The molecule has 0 bridgehead atoms. The molecule has 120 valence electrons. The molecular formula is C16H16Cl5N. The van der Waals surface area contributed by atoms with Crippen LogP contribution in [0, 0.1) is 0 Å².